The van der Waals surface area contributed by atoms with Crippen molar-refractivity contribution in [3.05, 3.63) is 12.0 Å². The summed E-state index contributed by atoms with van der Waals surface area (Å²) in [5, 5.41) is 4.86. The number of carbonyl (C=O) groups excluding carboxylic acids is 2. The second-order valence-electron chi connectivity index (χ2n) is 4.75. The monoisotopic (exact) mass is 321 g/mol. The second-order valence-corrected chi connectivity index (χ2v) is 7.02. The largest absolute Gasteiger partial charge is 0.376 e. The van der Waals surface area contributed by atoms with Crippen LogP contribution in [0.5, 0.6) is 0 Å². The minimum atomic E-state index is -3.60. The highest BCUT2D eigenvalue weighted by Crippen LogP contribution is 2.52. The molecule has 0 aliphatic rings. The van der Waals surface area contributed by atoms with Gasteiger partial charge in [-0.25, -0.2) is 0 Å². The van der Waals surface area contributed by atoms with Crippen molar-refractivity contribution in [1.82, 2.24) is 10.6 Å². The summed E-state index contributed by atoms with van der Waals surface area (Å²) in [6.07, 6.45) is 0.398. The summed E-state index contributed by atoms with van der Waals surface area (Å²) in [6.45, 7) is 7.07. The molecular formula is C12H24N3O5P. The third kappa shape index (κ3) is 6.39. The van der Waals surface area contributed by atoms with Gasteiger partial charge in [0.25, 0.3) is 0 Å². The van der Waals surface area contributed by atoms with E-state index in [4.69, 9.17) is 14.8 Å². The summed E-state index contributed by atoms with van der Waals surface area (Å²) in [7, 11) is -1.24. The summed E-state index contributed by atoms with van der Waals surface area (Å²) >= 11 is 0. The molecule has 8 nitrogen and oxygen atoms in total. The van der Waals surface area contributed by atoms with Crippen LogP contribution in [0, 0.1) is 5.92 Å². The van der Waals surface area contributed by atoms with E-state index in [0.29, 0.717) is 6.42 Å². The molecule has 0 aromatic heterocycles. The second kappa shape index (κ2) is 8.94. The van der Waals surface area contributed by atoms with E-state index >= 15 is 0 Å². The number of nitrogens with two attached hydrogens (primary N) is 1. The Kier molecular flexibility index (Phi) is 8.43. The van der Waals surface area contributed by atoms with E-state index in [1.54, 1.807) is 0 Å². The van der Waals surface area contributed by atoms with Crippen molar-refractivity contribution in [3.63, 3.8) is 0 Å². The fourth-order valence-electron chi connectivity index (χ4n) is 1.55. The van der Waals surface area contributed by atoms with E-state index in [1.807, 2.05) is 13.8 Å². The lowest BCUT2D eigenvalue weighted by atomic mass is 10.0. The normalized spacial score (nSPS) is 12.9. The lowest BCUT2D eigenvalue weighted by molar-refractivity contribution is -0.128. The van der Waals surface area contributed by atoms with E-state index in [9.17, 15) is 14.2 Å². The number of hydrogen-bond donors (Lipinski definition) is 3. The van der Waals surface area contributed by atoms with Crippen LogP contribution in [0.15, 0.2) is 12.0 Å². The number of amides is 2. The average Bonchev–Trinajstić information content (AvgIpc) is 2.44. The average molecular weight is 321 g/mol. The number of carbonyl (C=O) groups is 2. The fourth-order valence-corrected chi connectivity index (χ4v) is 2.39. The Morgan fingerprint density at radius 2 is 1.81 bits per heavy atom. The molecule has 0 fully saturated rings. The van der Waals surface area contributed by atoms with Crippen LogP contribution in [-0.4, -0.2) is 38.6 Å². The Morgan fingerprint density at radius 1 is 1.29 bits per heavy atom. The molecule has 0 aromatic carbocycles. The van der Waals surface area contributed by atoms with Gasteiger partial charge in [0, 0.05) is 14.2 Å². The van der Waals surface area contributed by atoms with Crippen molar-refractivity contribution >= 4 is 19.4 Å². The van der Waals surface area contributed by atoms with Crippen LogP contribution in [0.25, 0.3) is 0 Å². The Bertz CT molecular complexity index is 431. The predicted molar refractivity (Wildman–Crippen MR) is 79.3 cm³/mol. The van der Waals surface area contributed by atoms with E-state index in [2.05, 4.69) is 17.2 Å². The van der Waals surface area contributed by atoms with Crippen LogP contribution in [0.1, 0.15) is 20.3 Å². The molecule has 0 heterocycles. The lowest BCUT2D eigenvalue weighted by Gasteiger charge is -2.22. The highest BCUT2D eigenvalue weighted by Gasteiger charge is 2.30. The van der Waals surface area contributed by atoms with Crippen LogP contribution >= 0.6 is 7.60 Å². The molecule has 0 aliphatic carbocycles. The summed E-state index contributed by atoms with van der Waals surface area (Å²) in [5.41, 5.74) is 5.03. The molecule has 0 saturated carbocycles. The van der Waals surface area contributed by atoms with E-state index in [0.717, 1.165) is 0 Å². The first-order valence-corrected chi connectivity index (χ1v) is 7.95. The van der Waals surface area contributed by atoms with Gasteiger partial charge in [0.15, 0.2) is 0 Å². The molecule has 0 rings (SSSR count). The van der Waals surface area contributed by atoms with Crippen LogP contribution in [0.3, 0.4) is 0 Å². The Morgan fingerprint density at radius 3 is 2.19 bits per heavy atom. The van der Waals surface area contributed by atoms with Gasteiger partial charge in [-0.2, -0.15) is 0 Å². The zero-order valence-electron chi connectivity index (χ0n) is 12.8. The van der Waals surface area contributed by atoms with Gasteiger partial charge < -0.3 is 25.4 Å². The minimum absolute atomic E-state index is 0.156. The highest BCUT2D eigenvalue weighted by atomic mass is 31.2. The van der Waals surface area contributed by atoms with Gasteiger partial charge >= 0.3 is 7.60 Å². The summed E-state index contributed by atoms with van der Waals surface area (Å²) in [5.74, 6) is -0.850. The zero-order chi connectivity index (χ0) is 16.6. The molecule has 122 valence electrons. The van der Waals surface area contributed by atoms with Crippen molar-refractivity contribution in [2.75, 3.05) is 20.8 Å². The zero-order valence-corrected chi connectivity index (χ0v) is 13.7. The van der Waals surface area contributed by atoms with Crippen molar-refractivity contribution < 1.29 is 23.2 Å². The molecule has 0 radical (unpaired) electrons. The molecule has 1 atom stereocenters. The molecule has 0 bridgehead atoms. The van der Waals surface area contributed by atoms with Crippen molar-refractivity contribution in [2.45, 2.75) is 26.3 Å². The quantitative estimate of drug-likeness (QED) is 0.533. The van der Waals surface area contributed by atoms with Gasteiger partial charge in [-0.1, -0.05) is 20.4 Å². The SMILES string of the molecule is C=C(NC(=O)[C@H](CC(C)C)NC(=O)CN)P(=O)(OC)OC. The maximum absolute atomic E-state index is 12.2. The number of nitrogens with one attached hydrogen (secondary N) is 2. The third-order valence-electron chi connectivity index (χ3n) is 2.62. The van der Waals surface area contributed by atoms with Gasteiger partial charge in [0.05, 0.1) is 6.54 Å². The smallest absolute Gasteiger partial charge is 0.343 e. The molecule has 0 unspecified atom stereocenters. The lowest BCUT2D eigenvalue weighted by Crippen LogP contribution is -2.48. The van der Waals surface area contributed by atoms with Crippen LogP contribution in [-0.2, 0) is 23.2 Å². The number of hydrogen-bond acceptors (Lipinski definition) is 6. The Labute approximate surface area is 125 Å². The van der Waals surface area contributed by atoms with Gasteiger partial charge in [0.2, 0.25) is 11.8 Å². The van der Waals surface area contributed by atoms with Crippen LogP contribution < -0.4 is 16.4 Å². The molecule has 2 amide bonds. The molecule has 21 heavy (non-hydrogen) atoms. The maximum Gasteiger partial charge on any atom is 0.376 e. The minimum Gasteiger partial charge on any atom is -0.343 e. The van der Waals surface area contributed by atoms with Gasteiger partial charge in [-0.3, -0.25) is 14.2 Å². The van der Waals surface area contributed by atoms with Gasteiger partial charge in [-0.05, 0) is 12.3 Å². The Hall–Kier alpha value is -1.21. The highest BCUT2D eigenvalue weighted by molar-refractivity contribution is 7.58. The topological polar surface area (TPSA) is 120 Å². The molecular weight excluding hydrogens is 297 g/mol. The van der Waals surface area contributed by atoms with E-state index in [1.165, 1.54) is 14.2 Å². The first kappa shape index (κ1) is 19.8. The van der Waals surface area contributed by atoms with Crippen LogP contribution in [0.2, 0.25) is 0 Å². The van der Waals surface area contributed by atoms with Gasteiger partial charge in [0.1, 0.15) is 11.5 Å². The fraction of sp³-hybridized carbons (Fsp3) is 0.667. The molecule has 0 aliphatic heterocycles. The maximum atomic E-state index is 12.2. The van der Waals surface area contributed by atoms with E-state index < -0.39 is 25.5 Å². The molecule has 4 N–H and O–H groups in total. The third-order valence-corrected chi connectivity index (χ3v) is 4.36. The molecule has 0 aromatic rings. The molecule has 0 saturated heterocycles. The summed E-state index contributed by atoms with van der Waals surface area (Å²) in [4.78, 5) is 23.5. The first-order chi connectivity index (χ1) is 9.69. The van der Waals surface area contributed by atoms with Crippen LogP contribution in [0.4, 0.5) is 0 Å². The Balaban J connectivity index is 4.93. The van der Waals surface area contributed by atoms with E-state index in [-0.39, 0.29) is 17.9 Å². The predicted octanol–water partition coefficient (Wildman–Crippen LogP) is 0.549. The van der Waals surface area contributed by atoms with Gasteiger partial charge in [-0.15, -0.1) is 0 Å². The standard InChI is InChI=1S/C12H24N3O5P/c1-8(2)6-10(15-11(16)7-13)12(17)14-9(3)21(18,19-4)20-5/h8,10H,3,6-7,13H2,1-2,4-5H3,(H,14,17)(H,15,16)/t10-/m0/s1. The van der Waals surface area contributed by atoms with Crippen molar-refractivity contribution in [2.24, 2.45) is 11.7 Å². The van der Waals surface area contributed by atoms with Crippen molar-refractivity contribution in [1.29, 1.82) is 0 Å². The van der Waals surface area contributed by atoms with Crippen molar-refractivity contribution in [3.8, 4) is 0 Å². The molecule has 0 spiro atoms. The summed E-state index contributed by atoms with van der Waals surface area (Å²) in [6, 6.07) is -0.806. The first-order valence-electron chi connectivity index (χ1n) is 6.41. The molecule has 9 heteroatoms. The summed E-state index contributed by atoms with van der Waals surface area (Å²) < 4.78 is 21.5. The number of rotatable bonds is 9.